The van der Waals surface area contributed by atoms with Gasteiger partial charge in [0.15, 0.2) is 12.6 Å². The first-order chi connectivity index (χ1) is 6.90. The van der Waals surface area contributed by atoms with Crippen molar-refractivity contribution in [2.45, 2.75) is 6.18 Å². The molecule has 0 aliphatic rings. The first kappa shape index (κ1) is 11.4. The van der Waals surface area contributed by atoms with Crippen molar-refractivity contribution in [2.24, 2.45) is 0 Å². The summed E-state index contributed by atoms with van der Waals surface area (Å²) in [6.07, 6.45) is -4.86. The van der Waals surface area contributed by atoms with E-state index in [0.29, 0.717) is 12.1 Å². The second kappa shape index (κ2) is 3.80. The second-order valence-corrected chi connectivity index (χ2v) is 2.70. The van der Waals surface area contributed by atoms with Gasteiger partial charge in [-0.05, 0) is 12.1 Å². The summed E-state index contributed by atoms with van der Waals surface area (Å²) in [6, 6.07) is 0.713. The molecule has 0 aliphatic heterocycles. The van der Waals surface area contributed by atoms with Gasteiger partial charge in [-0.1, -0.05) is 0 Å². The van der Waals surface area contributed by atoms with E-state index in [1.54, 1.807) is 0 Å². The molecular weight excluding hydrogens is 216 g/mol. The number of carbonyl (C=O) groups excluding carboxylic acids is 2. The highest BCUT2D eigenvalue weighted by molar-refractivity contribution is 5.83. The minimum atomic E-state index is -4.72. The molecule has 0 unspecified atom stereocenters. The van der Waals surface area contributed by atoms with Gasteiger partial charge in [0.25, 0.3) is 0 Å². The number of hydrogen-bond donors (Lipinski definition) is 0. The monoisotopic (exact) mass is 220 g/mol. The Morgan fingerprint density at radius 3 is 1.67 bits per heavy atom. The van der Waals surface area contributed by atoms with Crippen LogP contribution < -0.4 is 0 Å². The quantitative estimate of drug-likeness (QED) is 0.566. The van der Waals surface area contributed by atoms with Crippen LogP contribution in [0.3, 0.4) is 0 Å². The molecule has 0 aliphatic carbocycles. The van der Waals surface area contributed by atoms with E-state index in [9.17, 15) is 27.2 Å². The third-order valence-corrected chi connectivity index (χ3v) is 1.71. The van der Waals surface area contributed by atoms with Crippen LogP contribution >= 0.6 is 0 Å². The summed E-state index contributed by atoms with van der Waals surface area (Å²) >= 11 is 0. The molecule has 0 radical (unpaired) electrons. The molecule has 1 aromatic carbocycles. The van der Waals surface area contributed by atoms with Gasteiger partial charge >= 0.3 is 6.18 Å². The molecule has 15 heavy (non-hydrogen) atoms. The van der Waals surface area contributed by atoms with Gasteiger partial charge in [-0.25, -0.2) is 4.39 Å². The van der Waals surface area contributed by atoms with Crippen LogP contribution in [0.15, 0.2) is 12.1 Å². The van der Waals surface area contributed by atoms with Crippen LogP contribution in [0.25, 0.3) is 0 Å². The van der Waals surface area contributed by atoms with E-state index in [1.807, 2.05) is 0 Å². The predicted molar refractivity (Wildman–Crippen MR) is 42.2 cm³/mol. The Hall–Kier alpha value is -1.72. The third-order valence-electron chi connectivity index (χ3n) is 1.71. The average molecular weight is 220 g/mol. The molecule has 0 saturated carbocycles. The number of rotatable bonds is 2. The average Bonchev–Trinajstić information content (AvgIpc) is 2.16. The van der Waals surface area contributed by atoms with Gasteiger partial charge in [-0.2, -0.15) is 13.2 Å². The molecule has 0 atom stereocenters. The van der Waals surface area contributed by atoms with Crippen LogP contribution in [0.2, 0.25) is 0 Å². The van der Waals surface area contributed by atoms with Crippen molar-refractivity contribution in [1.82, 2.24) is 0 Å². The lowest BCUT2D eigenvalue weighted by atomic mass is 10.1. The Morgan fingerprint density at radius 1 is 1.00 bits per heavy atom. The van der Waals surface area contributed by atoms with E-state index in [-0.39, 0.29) is 12.6 Å². The lowest BCUT2D eigenvalue weighted by molar-refractivity contribution is -0.137. The third kappa shape index (κ3) is 2.20. The van der Waals surface area contributed by atoms with Crippen LogP contribution in [0, 0.1) is 5.82 Å². The summed E-state index contributed by atoms with van der Waals surface area (Å²) in [7, 11) is 0. The summed E-state index contributed by atoms with van der Waals surface area (Å²) in [5.74, 6) is -1.24. The Labute approximate surface area is 81.5 Å². The summed E-state index contributed by atoms with van der Waals surface area (Å²) in [4.78, 5) is 20.5. The number of carbonyl (C=O) groups is 2. The normalized spacial score (nSPS) is 11.2. The highest BCUT2D eigenvalue weighted by Crippen LogP contribution is 2.31. The lowest BCUT2D eigenvalue weighted by Gasteiger charge is -2.08. The van der Waals surface area contributed by atoms with Gasteiger partial charge in [0.2, 0.25) is 0 Å². The fraction of sp³-hybridized carbons (Fsp3) is 0.111. The number of hydrogen-bond acceptors (Lipinski definition) is 2. The van der Waals surface area contributed by atoms with Gasteiger partial charge in [0.05, 0.1) is 16.7 Å². The lowest BCUT2D eigenvalue weighted by Crippen LogP contribution is -2.08. The smallest absolute Gasteiger partial charge is 0.298 e. The van der Waals surface area contributed by atoms with Crippen LogP contribution in [-0.4, -0.2) is 12.6 Å². The van der Waals surface area contributed by atoms with Crippen molar-refractivity contribution < 1.29 is 27.2 Å². The zero-order valence-electron chi connectivity index (χ0n) is 7.14. The minimum absolute atomic E-state index is 0.0719. The second-order valence-electron chi connectivity index (χ2n) is 2.70. The SMILES string of the molecule is O=Cc1cc(C(F)(F)F)cc(C=O)c1F. The largest absolute Gasteiger partial charge is 0.416 e. The van der Waals surface area contributed by atoms with Gasteiger partial charge in [-0.15, -0.1) is 0 Å². The molecule has 6 heteroatoms. The molecular formula is C9H4F4O2. The highest BCUT2D eigenvalue weighted by atomic mass is 19.4. The van der Waals surface area contributed by atoms with Crippen molar-refractivity contribution in [1.29, 1.82) is 0 Å². The number of alkyl halides is 3. The maximum absolute atomic E-state index is 13.0. The first-order valence-corrected chi connectivity index (χ1v) is 3.71. The molecule has 1 rings (SSSR count). The maximum atomic E-state index is 13.0. The van der Waals surface area contributed by atoms with E-state index in [0.717, 1.165) is 0 Å². The van der Waals surface area contributed by atoms with E-state index in [4.69, 9.17) is 0 Å². The van der Waals surface area contributed by atoms with Crippen molar-refractivity contribution in [3.05, 3.63) is 34.6 Å². The summed E-state index contributed by atoms with van der Waals surface area (Å²) < 4.78 is 49.6. The van der Waals surface area contributed by atoms with Crippen LogP contribution in [0.1, 0.15) is 26.3 Å². The predicted octanol–water partition coefficient (Wildman–Crippen LogP) is 2.47. The van der Waals surface area contributed by atoms with Crippen LogP contribution in [0.4, 0.5) is 17.6 Å². The fourth-order valence-corrected chi connectivity index (χ4v) is 1.01. The molecule has 0 aromatic heterocycles. The van der Waals surface area contributed by atoms with Crippen LogP contribution in [0.5, 0.6) is 0 Å². The zero-order chi connectivity index (χ0) is 11.6. The molecule has 0 fully saturated rings. The Balaban J connectivity index is 3.46. The fourth-order valence-electron chi connectivity index (χ4n) is 1.01. The van der Waals surface area contributed by atoms with Gasteiger partial charge in [0.1, 0.15) is 5.82 Å². The summed E-state index contributed by atoms with van der Waals surface area (Å²) in [6.45, 7) is 0. The minimum Gasteiger partial charge on any atom is -0.298 e. The summed E-state index contributed by atoms with van der Waals surface area (Å²) in [5.41, 5.74) is -2.80. The van der Waals surface area contributed by atoms with Crippen molar-refractivity contribution >= 4 is 12.6 Å². The van der Waals surface area contributed by atoms with Gasteiger partial charge in [0, 0.05) is 0 Å². The number of halogens is 4. The molecule has 0 spiro atoms. The van der Waals surface area contributed by atoms with Crippen molar-refractivity contribution in [3.63, 3.8) is 0 Å². The standard InChI is InChI=1S/C9H4F4O2/c10-8-5(3-14)1-7(9(11,12)13)2-6(8)4-15/h1-4H. The molecule has 0 bridgehead atoms. The zero-order valence-corrected chi connectivity index (χ0v) is 7.14. The highest BCUT2D eigenvalue weighted by Gasteiger charge is 2.32. The molecule has 0 heterocycles. The van der Waals surface area contributed by atoms with E-state index < -0.39 is 28.7 Å². The molecule has 0 amide bonds. The van der Waals surface area contributed by atoms with Gasteiger partial charge < -0.3 is 0 Å². The van der Waals surface area contributed by atoms with E-state index in [1.165, 1.54) is 0 Å². The topological polar surface area (TPSA) is 34.1 Å². The van der Waals surface area contributed by atoms with Crippen LogP contribution in [-0.2, 0) is 6.18 Å². The first-order valence-electron chi connectivity index (χ1n) is 3.71. The Morgan fingerprint density at radius 2 is 1.40 bits per heavy atom. The molecule has 1 aromatic rings. The maximum Gasteiger partial charge on any atom is 0.416 e. The van der Waals surface area contributed by atoms with Gasteiger partial charge in [-0.3, -0.25) is 9.59 Å². The molecule has 2 nitrogen and oxygen atoms in total. The Bertz CT molecular complexity index is 380. The molecule has 80 valence electrons. The molecule has 0 N–H and O–H groups in total. The van der Waals surface area contributed by atoms with Crippen molar-refractivity contribution in [2.75, 3.05) is 0 Å². The van der Waals surface area contributed by atoms with Crippen molar-refractivity contribution in [3.8, 4) is 0 Å². The summed E-state index contributed by atoms with van der Waals surface area (Å²) in [5, 5.41) is 0. The Kier molecular flexibility index (Phi) is 2.88. The molecule has 0 saturated heterocycles. The number of benzene rings is 1. The number of aldehydes is 2. The van der Waals surface area contributed by atoms with E-state index in [2.05, 4.69) is 0 Å². The van der Waals surface area contributed by atoms with E-state index >= 15 is 0 Å².